The van der Waals surface area contributed by atoms with Crippen LogP contribution in [0.1, 0.15) is 31.2 Å². The van der Waals surface area contributed by atoms with Gasteiger partial charge in [-0.05, 0) is 18.1 Å². The fourth-order valence-corrected chi connectivity index (χ4v) is 2.35. The van der Waals surface area contributed by atoms with Crippen molar-refractivity contribution in [3.8, 4) is 0 Å². The second-order valence-electron chi connectivity index (χ2n) is 4.13. The van der Waals surface area contributed by atoms with E-state index in [-0.39, 0.29) is 0 Å². The Bertz CT molecular complexity index is 563. The summed E-state index contributed by atoms with van der Waals surface area (Å²) in [5.74, 6) is 1.12. The lowest BCUT2D eigenvalue weighted by Gasteiger charge is -2.04. The second kappa shape index (κ2) is 5.41. The summed E-state index contributed by atoms with van der Waals surface area (Å²) in [6.07, 6.45) is 0. The van der Waals surface area contributed by atoms with Gasteiger partial charge in [0, 0.05) is 5.38 Å². The lowest BCUT2D eigenvalue weighted by molar-refractivity contribution is 0.834. The minimum Gasteiger partial charge on any atom is -0.388 e. The molecule has 6 heteroatoms. The van der Waals surface area contributed by atoms with Crippen LogP contribution in [0.3, 0.4) is 0 Å². The zero-order valence-electron chi connectivity index (χ0n) is 10.2. The van der Waals surface area contributed by atoms with Gasteiger partial charge in [-0.15, -0.1) is 11.3 Å². The van der Waals surface area contributed by atoms with Crippen LogP contribution >= 0.6 is 23.6 Å². The standard InChI is InChI=1S/C12H14N4S2/c1-7(2)9-6-18-12(15-9)16-10-5-3-4-8(14-10)11(13)17/h3-7H,1-2H3,(H2,13,17)(H,14,15,16). The zero-order chi connectivity index (χ0) is 13.1. The monoisotopic (exact) mass is 278 g/mol. The molecule has 0 radical (unpaired) electrons. The van der Waals surface area contributed by atoms with Gasteiger partial charge < -0.3 is 11.1 Å². The van der Waals surface area contributed by atoms with Crippen LogP contribution in [0.25, 0.3) is 0 Å². The van der Waals surface area contributed by atoms with Crippen LogP contribution in [0.5, 0.6) is 0 Å². The van der Waals surface area contributed by atoms with Crippen molar-refractivity contribution in [1.82, 2.24) is 9.97 Å². The Labute approximate surface area is 115 Å². The van der Waals surface area contributed by atoms with E-state index in [4.69, 9.17) is 18.0 Å². The second-order valence-corrected chi connectivity index (χ2v) is 5.43. The van der Waals surface area contributed by atoms with Crippen LogP contribution in [0.15, 0.2) is 23.6 Å². The van der Waals surface area contributed by atoms with Crippen LogP contribution in [0.2, 0.25) is 0 Å². The number of thiazole rings is 1. The number of anilines is 2. The van der Waals surface area contributed by atoms with Crippen molar-refractivity contribution in [3.63, 3.8) is 0 Å². The molecule has 0 atom stereocenters. The van der Waals surface area contributed by atoms with Gasteiger partial charge in [0.05, 0.1) is 11.4 Å². The van der Waals surface area contributed by atoms with Gasteiger partial charge in [-0.25, -0.2) is 9.97 Å². The Morgan fingerprint density at radius 1 is 1.39 bits per heavy atom. The van der Waals surface area contributed by atoms with E-state index >= 15 is 0 Å². The third-order valence-corrected chi connectivity index (χ3v) is 3.34. The largest absolute Gasteiger partial charge is 0.388 e. The lowest BCUT2D eigenvalue weighted by Crippen LogP contribution is -2.12. The van der Waals surface area contributed by atoms with Crippen molar-refractivity contribution in [3.05, 3.63) is 35.0 Å². The molecule has 0 spiro atoms. The first-order valence-electron chi connectivity index (χ1n) is 5.55. The van der Waals surface area contributed by atoms with Crippen molar-refractivity contribution in [2.45, 2.75) is 19.8 Å². The Balaban J connectivity index is 2.17. The summed E-state index contributed by atoms with van der Waals surface area (Å²) >= 11 is 6.46. The van der Waals surface area contributed by atoms with E-state index in [0.29, 0.717) is 22.4 Å². The highest BCUT2D eigenvalue weighted by atomic mass is 32.1. The number of nitrogens with two attached hydrogens (primary N) is 1. The molecule has 0 fully saturated rings. The molecule has 0 aliphatic heterocycles. The molecule has 0 aliphatic rings. The molecule has 0 unspecified atom stereocenters. The molecule has 0 saturated heterocycles. The maximum absolute atomic E-state index is 5.55. The average molecular weight is 278 g/mol. The Morgan fingerprint density at radius 3 is 2.78 bits per heavy atom. The fraction of sp³-hybridized carbons (Fsp3) is 0.250. The number of hydrogen-bond donors (Lipinski definition) is 2. The molecular formula is C12H14N4S2. The summed E-state index contributed by atoms with van der Waals surface area (Å²) in [6.45, 7) is 4.23. The Kier molecular flexibility index (Phi) is 3.88. The van der Waals surface area contributed by atoms with Crippen molar-refractivity contribution in [2.75, 3.05) is 5.32 Å². The summed E-state index contributed by atoms with van der Waals surface area (Å²) in [4.78, 5) is 9.09. The van der Waals surface area contributed by atoms with Gasteiger partial charge in [-0.1, -0.05) is 32.1 Å². The molecular weight excluding hydrogens is 264 g/mol. The highest BCUT2D eigenvalue weighted by molar-refractivity contribution is 7.80. The molecule has 2 rings (SSSR count). The van der Waals surface area contributed by atoms with E-state index in [9.17, 15) is 0 Å². The maximum atomic E-state index is 5.55. The number of rotatable bonds is 4. The predicted octanol–water partition coefficient (Wildman–Crippen LogP) is 3.04. The number of pyridine rings is 1. The van der Waals surface area contributed by atoms with Gasteiger partial charge in [0.15, 0.2) is 5.13 Å². The van der Waals surface area contributed by atoms with Crippen molar-refractivity contribution in [2.24, 2.45) is 5.73 Å². The van der Waals surface area contributed by atoms with Gasteiger partial charge in [0.1, 0.15) is 10.8 Å². The lowest BCUT2D eigenvalue weighted by atomic mass is 10.2. The molecule has 2 aromatic heterocycles. The van der Waals surface area contributed by atoms with E-state index in [0.717, 1.165) is 10.8 Å². The van der Waals surface area contributed by atoms with E-state index in [2.05, 4.69) is 29.1 Å². The topological polar surface area (TPSA) is 63.8 Å². The third-order valence-electron chi connectivity index (χ3n) is 2.35. The summed E-state index contributed by atoms with van der Waals surface area (Å²) < 4.78 is 0. The molecule has 18 heavy (non-hydrogen) atoms. The molecule has 0 aromatic carbocycles. The molecule has 0 amide bonds. The van der Waals surface area contributed by atoms with Gasteiger partial charge >= 0.3 is 0 Å². The normalized spacial score (nSPS) is 10.6. The van der Waals surface area contributed by atoms with Gasteiger partial charge in [0.2, 0.25) is 0 Å². The minimum absolute atomic E-state index is 0.292. The van der Waals surface area contributed by atoms with Crippen LogP contribution in [0.4, 0.5) is 10.9 Å². The quantitative estimate of drug-likeness (QED) is 0.842. The SMILES string of the molecule is CC(C)c1csc(Nc2cccc(C(N)=S)n2)n1. The van der Waals surface area contributed by atoms with Gasteiger partial charge in [0.25, 0.3) is 0 Å². The molecule has 0 aliphatic carbocycles. The molecule has 3 N–H and O–H groups in total. The molecule has 0 bridgehead atoms. The number of aromatic nitrogens is 2. The predicted molar refractivity (Wildman–Crippen MR) is 79.6 cm³/mol. The summed E-state index contributed by atoms with van der Waals surface area (Å²) in [6, 6.07) is 5.51. The first-order chi connectivity index (χ1) is 8.56. The number of thiocarbonyl (C=S) groups is 1. The van der Waals surface area contributed by atoms with E-state index in [1.807, 2.05) is 17.5 Å². The number of nitrogens with zero attached hydrogens (tertiary/aromatic N) is 2. The van der Waals surface area contributed by atoms with E-state index in [1.165, 1.54) is 0 Å². The summed E-state index contributed by atoms with van der Waals surface area (Å²) in [7, 11) is 0. The Hall–Kier alpha value is -1.53. The maximum Gasteiger partial charge on any atom is 0.188 e. The fourth-order valence-electron chi connectivity index (χ4n) is 1.36. The third kappa shape index (κ3) is 3.02. The smallest absolute Gasteiger partial charge is 0.188 e. The molecule has 2 heterocycles. The van der Waals surface area contributed by atoms with Crippen LogP contribution in [0, 0.1) is 0 Å². The Morgan fingerprint density at radius 2 is 2.17 bits per heavy atom. The number of nitrogens with one attached hydrogen (secondary N) is 1. The van der Waals surface area contributed by atoms with Crippen LogP contribution in [-0.2, 0) is 0 Å². The van der Waals surface area contributed by atoms with Crippen molar-refractivity contribution >= 4 is 39.5 Å². The highest BCUT2D eigenvalue weighted by Gasteiger charge is 2.06. The van der Waals surface area contributed by atoms with Crippen LogP contribution in [-0.4, -0.2) is 15.0 Å². The summed E-state index contributed by atoms with van der Waals surface area (Å²) in [5.41, 5.74) is 7.23. The van der Waals surface area contributed by atoms with Crippen molar-refractivity contribution < 1.29 is 0 Å². The molecule has 0 saturated carbocycles. The van der Waals surface area contributed by atoms with Crippen LogP contribution < -0.4 is 11.1 Å². The summed E-state index contributed by atoms with van der Waals surface area (Å²) in [5, 5.41) is 6.03. The molecule has 2 aromatic rings. The van der Waals surface area contributed by atoms with E-state index < -0.39 is 0 Å². The first-order valence-corrected chi connectivity index (χ1v) is 6.84. The average Bonchev–Trinajstić information content (AvgIpc) is 2.78. The minimum atomic E-state index is 0.292. The highest BCUT2D eigenvalue weighted by Crippen LogP contribution is 2.23. The van der Waals surface area contributed by atoms with E-state index in [1.54, 1.807) is 17.4 Å². The number of hydrogen-bond acceptors (Lipinski definition) is 5. The zero-order valence-corrected chi connectivity index (χ0v) is 11.8. The first kappa shape index (κ1) is 12.9. The molecule has 94 valence electrons. The van der Waals surface area contributed by atoms with Crippen molar-refractivity contribution in [1.29, 1.82) is 0 Å². The molecule has 4 nitrogen and oxygen atoms in total. The van der Waals surface area contributed by atoms with Gasteiger partial charge in [-0.2, -0.15) is 0 Å². The van der Waals surface area contributed by atoms with Gasteiger partial charge in [-0.3, -0.25) is 0 Å².